The number of para-hydroxylation sites is 1. The maximum Gasteiger partial charge on any atom is 0.338 e. The molecule has 1 aliphatic rings. The topological polar surface area (TPSA) is 135 Å². The number of nitrogens with one attached hydrogen (secondary N) is 2. The van der Waals surface area contributed by atoms with Crippen molar-refractivity contribution >= 4 is 27.6 Å². The van der Waals surface area contributed by atoms with E-state index in [1.807, 2.05) is 6.07 Å². The molecule has 0 bridgehead atoms. The van der Waals surface area contributed by atoms with E-state index in [-0.39, 0.29) is 28.7 Å². The Bertz CT molecular complexity index is 1140. The largest absolute Gasteiger partial charge is 0.449 e. The van der Waals surface area contributed by atoms with Crippen LogP contribution in [0.4, 0.5) is 5.69 Å². The first-order chi connectivity index (χ1) is 15.3. The fraction of sp³-hybridized carbons (Fsp3) is 0.318. The van der Waals surface area contributed by atoms with Crippen molar-refractivity contribution in [3.63, 3.8) is 0 Å². The minimum absolute atomic E-state index is 0.0120. The number of benzene rings is 2. The van der Waals surface area contributed by atoms with Gasteiger partial charge < -0.3 is 14.8 Å². The van der Waals surface area contributed by atoms with Crippen molar-refractivity contribution in [3.05, 3.63) is 59.7 Å². The predicted octanol–water partition coefficient (Wildman–Crippen LogP) is 2.20. The van der Waals surface area contributed by atoms with E-state index in [1.165, 1.54) is 31.2 Å². The predicted molar refractivity (Wildman–Crippen MR) is 115 cm³/mol. The number of nitriles is 1. The lowest BCUT2D eigenvalue weighted by atomic mass is 10.2. The fourth-order valence-corrected chi connectivity index (χ4v) is 4.20. The van der Waals surface area contributed by atoms with Gasteiger partial charge in [-0.15, -0.1) is 0 Å². The maximum atomic E-state index is 12.5. The fourth-order valence-electron chi connectivity index (χ4n) is 3.09. The van der Waals surface area contributed by atoms with Gasteiger partial charge in [0.1, 0.15) is 6.07 Å². The summed E-state index contributed by atoms with van der Waals surface area (Å²) in [7, 11) is -3.84. The number of esters is 1. The lowest BCUT2D eigenvalue weighted by Crippen LogP contribution is -2.32. The second kappa shape index (κ2) is 10.4. The number of amides is 1. The van der Waals surface area contributed by atoms with Crippen LogP contribution in [-0.2, 0) is 24.3 Å². The van der Waals surface area contributed by atoms with Crippen LogP contribution in [0, 0.1) is 11.3 Å². The minimum atomic E-state index is -3.84. The number of carbonyl (C=O) groups excluding carboxylic acids is 2. The van der Waals surface area contributed by atoms with Crippen LogP contribution in [-0.4, -0.2) is 45.7 Å². The van der Waals surface area contributed by atoms with E-state index in [4.69, 9.17) is 14.7 Å². The van der Waals surface area contributed by atoms with Crippen molar-refractivity contribution in [2.45, 2.75) is 36.9 Å². The molecule has 2 atom stereocenters. The third-order valence-electron chi connectivity index (χ3n) is 4.86. The van der Waals surface area contributed by atoms with Gasteiger partial charge in [0, 0.05) is 13.2 Å². The number of rotatable bonds is 8. The van der Waals surface area contributed by atoms with Gasteiger partial charge in [-0.1, -0.05) is 18.2 Å². The molecule has 2 N–H and O–H groups in total. The van der Waals surface area contributed by atoms with Crippen molar-refractivity contribution in [2.75, 3.05) is 18.5 Å². The average Bonchev–Trinajstić information content (AvgIpc) is 3.32. The Hall–Kier alpha value is -3.26. The van der Waals surface area contributed by atoms with Crippen LogP contribution >= 0.6 is 0 Å². The normalized spacial score (nSPS) is 16.7. The number of sulfonamides is 1. The summed E-state index contributed by atoms with van der Waals surface area (Å²) in [6.07, 6.45) is 0.338. The molecule has 9 nitrogen and oxygen atoms in total. The molecule has 2 aromatic rings. The number of anilines is 1. The second-order valence-corrected chi connectivity index (χ2v) is 8.98. The SMILES string of the molecule is C[C@@H](OC(=O)c1cccc(S(=O)(=O)NC[C@@H]2CCCO2)c1)C(=O)Nc1ccccc1C#N. The van der Waals surface area contributed by atoms with Gasteiger partial charge in [0.25, 0.3) is 5.91 Å². The summed E-state index contributed by atoms with van der Waals surface area (Å²) in [5.41, 5.74) is 0.558. The number of ether oxygens (including phenoxy) is 2. The summed E-state index contributed by atoms with van der Waals surface area (Å²) in [6.45, 7) is 2.14. The van der Waals surface area contributed by atoms with E-state index in [9.17, 15) is 18.0 Å². The third kappa shape index (κ3) is 5.91. The van der Waals surface area contributed by atoms with Crippen LogP contribution in [0.2, 0.25) is 0 Å². The molecule has 0 aromatic heterocycles. The highest BCUT2D eigenvalue weighted by Gasteiger charge is 2.23. The summed E-state index contributed by atoms with van der Waals surface area (Å²) in [4.78, 5) is 24.8. The molecular weight excluding hydrogens is 434 g/mol. The number of nitrogens with zero attached hydrogens (tertiary/aromatic N) is 1. The molecule has 168 valence electrons. The molecule has 0 radical (unpaired) electrons. The van der Waals surface area contributed by atoms with Crippen molar-refractivity contribution in [1.82, 2.24) is 4.72 Å². The summed E-state index contributed by atoms with van der Waals surface area (Å²) < 4.78 is 38.2. The third-order valence-corrected chi connectivity index (χ3v) is 6.28. The van der Waals surface area contributed by atoms with Gasteiger partial charge in [-0.25, -0.2) is 17.9 Å². The van der Waals surface area contributed by atoms with E-state index in [2.05, 4.69) is 10.0 Å². The van der Waals surface area contributed by atoms with E-state index in [0.29, 0.717) is 12.3 Å². The van der Waals surface area contributed by atoms with Gasteiger partial charge in [0.05, 0.1) is 27.8 Å². The molecule has 1 fully saturated rings. The van der Waals surface area contributed by atoms with Crippen LogP contribution in [0.25, 0.3) is 0 Å². The molecule has 0 unspecified atom stereocenters. The van der Waals surface area contributed by atoms with E-state index >= 15 is 0 Å². The molecule has 32 heavy (non-hydrogen) atoms. The Morgan fingerprint density at radius 3 is 2.75 bits per heavy atom. The maximum absolute atomic E-state index is 12.5. The van der Waals surface area contributed by atoms with Crippen LogP contribution in [0.5, 0.6) is 0 Å². The van der Waals surface area contributed by atoms with Crippen LogP contribution in [0.15, 0.2) is 53.4 Å². The van der Waals surface area contributed by atoms with Gasteiger partial charge in [0.15, 0.2) is 6.10 Å². The van der Waals surface area contributed by atoms with Gasteiger partial charge in [-0.3, -0.25) is 4.79 Å². The number of carbonyl (C=O) groups is 2. The second-order valence-electron chi connectivity index (χ2n) is 7.21. The van der Waals surface area contributed by atoms with Crippen LogP contribution in [0.1, 0.15) is 35.7 Å². The standard InChI is InChI=1S/C22H23N3O6S/c1-15(21(26)25-20-10-3-2-6-17(20)13-23)31-22(27)16-7-4-9-19(12-16)32(28,29)24-14-18-8-5-11-30-18/h2-4,6-7,9-10,12,15,18,24H,5,8,11,14H2,1H3,(H,25,26)/t15-,18+/m1/s1. The Balaban J connectivity index is 1.63. The smallest absolute Gasteiger partial charge is 0.338 e. The molecule has 1 heterocycles. The van der Waals surface area contributed by atoms with Gasteiger partial charge in [-0.05, 0) is 50.1 Å². The zero-order valence-corrected chi connectivity index (χ0v) is 18.2. The first-order valence-corrected chi connectivity index (χ1v) is 11.5. The molecule has 2 aromatic carbocycles. The summed E-state index contributed by atoms with van der Waals surface area (Å²) >= 11 is 0. The molecule has 1 aliphatic heterocycles. The summed E-state index contributed by atoms with van der Waals surface area (Å²) in [6, 6.07) is 13.8. The van der Waals surface area contributed by atoms with Crippen molar-refractivity contribution in [1.29, 1.82) is 5.26 Å². The van der Waals surface area contributed by atoms with Crippen LogP contribution in [0.3, 0.4) is 0 Å². The summed E-state index contributed by atoms with van der Waals surface area (Å²) in [5, 5.41) is 11.6. The van der Waals surface area contributed by atoms with Crippen molar-refractivity contribution in [3.8, 4) is 6.07 Å². The van der Waals surface area contributed by atoms with Gasteiger partial charge in [-0.2, -0.15) is 5.26 Å². The molecule has 3 rings (SSSR count). The number of hydrogen-bond donors (Lipinski definition) is 2. The highest BCUT2D eigenvalue weighted by atomic mass is 32.2. The Kier molecular flexibility index (Phi) is 7.58. The molecule has 0 saturated carbocycles. The monoisotopic (exact) mass is 457 g/mol. The van der Waals surface area contributed by atoms with E-state index in [0.717, 1.165) is 12.8 Å². The summed E-state index contributed by atoms with van der Waals surface area (Å²) in [5.74, 6) is -1.47. The Morgan fingerprint density at radius 1 is 1.25 bits per heavy atom. The molecule has 10 heteroatoms. The highest BCUT2D eigenvalue weighted by molar-refractivity contribution is 7.89. The van der Waals surface area contributed by atoms with Gasteiger partial charge in [0.2, 0.25) is 10.0 Å². The zero-order valence-electron chi connectivity index (χ0n) is 17.4. The number of hydrogen-bond acceptors (Lipinski definition) is 7. The van der Waals surface area contributed by atoms with E-state index < -0.39 is 28.0 Å². The zero-order chi connectivity index (χ0) is 23.1. The molecule has 1 saturated heterocycles. The molecular formula is C22H23N3O6S. The molecule has 0 spiro atoms. The molecule has 0 aliphatic carbocycles. The quantitative estimate of drug-likeness (QED) is 0.580. The van der Waals surface area contributed by atoms with Crippen LogP contribution < -0.4 is 10.0 Å². The van der Waals surface area contributed by atoms with Crippen molar-refractivity contribution < 1.29 is 27.5 Å². The first-order valence-electron chi connectivity index (χ1n) is 10.0. The minimum Gasteiger partial charge on any atom is -0.449 e. The van der Waals surface area contributed by atoms with Gasteiger partial charge >= 0.3 is 5.97 Å². The first kappa shape index (κ1) is 23.4. The highest BCUT2D eigenvalue weighted by Crippen LogP contribution is 2.17. The van der Waals surface area contributed by atoms with Crippen molar-refractivity contribution in [2.24, 2.45) is 0 Å². The lowest BCUT2D eigenvalue weighted by molar-refractivity contribution is -0.123. The Labute approximate surface area is 186 Å². The molecule has 1 amide bonds. The van der Waals surface area contributed by atoms with E-state index in [1.54, 1.807) is 24.3 Å². The average molecular weight is 458 g/mol. The Morgan fingerprint density at radius 2 is 2.03 bits per heavy atom. The lowest BCUT2D eigenvalue weighted by Gasteiger charge is -2.15.